The summed E-state index contributed by atoms with van der Waals surface area (Å²) >= 11 is 0. The van der Waals surface area contributed by atoms with Gasteiger partial charge in [0, 0.05) is 35.6 Å². The quantitative estimate of drug-likeness (QED) is 0.846. The van der Waals surface area contributed by atoms with Crippen LogP contribution in [-0.4, -0.2) is 45.4 Å². The Morgan fingerprint density at radius 2 is 1.93 bits per heavy atom. The molecule has 28 heavy (non-hydrogen) atoms. The number of nitrogens with one attached hydrogen (secondary N) is 1. The van der Waals surface area contributed by atoms with Crippen molar-refractivity contribution in [1.29, 1.82) is 0 Å². The van der Waals surface area contributed by atoms with Crippen molar-refractivity contribution in [2.24, 2.45) is 0 Å². The lowest BCUT2D eigenvalue weighted by Crippen LogP contribution is -2.42. The van der Waals surface area contributed by atoms with Crippen LogP contribution in [0.15, 0.2) is 36.5 Å². The maximum absolute atomic E-state index is 12.8. The first-order valence-corrected chi connectivity index (χ1v) is 9.29. The number of hydrogen-bond acceptors (Lipinski definition) is 4. The highest BCUT2D eigenvalue weighted by molar-refractivity contribution is 6.06. The molecule has 2 heterocycles. The first-order valence-electron chi connectivity index (χ1n) is 9.29. The number of hydrogen-bond donors (Lipinski definition) is 2. The number of aromatic nitrogens is 1. The number of piperidine rings is 1. The van der Waals surface area contributed by atoms with E-state index in [0.717, 1.165) is 31.4 Å². The number of carboxylic acids is 1. The van der Waals surface area contributed by atoms with Gasteiger partial charge in [0.05, 0.1) is 0 Å². The van der Waals surface area contributed by atoms with Gasteiger partial charge < -0.3 is 15.3 Å². The van der Waals surface area contributed by atoms with Crippen LogP contribution in [0.4, 0.5) is 5.69 Å². The molecule has 2 amide bonds. The van der Waals surface area contributed by atoms with Crippen molar-refractivity contribution >= 4 is 23.5 Å². The third-order valence-corrected chi connectivity index (χ3v) is 5.03. The van der Waals surface area contributed by atoms with Crippen molar-refractivity contribution in [2.75, 3.05) is 11.9 Å². The average molecular weight is 381 g/mol. The molecule has 0 aliphatic carbocycles. The van der Waals surface area contributed by atoms with Gasteiger partial charge in [0.15, 0.2) is 0 Å². The second-order valence-corrected chi connectivity index (χ2v) is 7.06. The summed E-state index contributed by atoms with van der Waals surface area (Å²) in [5.41, 5.74) is 1.94. The first-order chi connectivity index (χ1) is 13.4. The largest absolute Gasteiger partial charge is 0.477 e. The second-order valence-electron chi connectivity index (χ2n) is 7.06. The molecule has 1 aromatic heterocycles. The van der Waals surface area contributed by atoms with Crippen LogP contribution in [0, 0.1) is 6.92 Å². The molecule has 0 bridgehead atoms. The van der Waals surface area contributed by atoms with Gasteiger partial charge in [-0.2, -0.15) is 0 Å². The Bertz CT molecular complexity index is 926. The van der Waals surface area contributed by atoms with Crippen LogP contribution in [0.1, 0.15) is 63.0 Å². The molecule has 1 unspecified atom stereocenters. The topological polar surface area (TPSA) is 99.6 Å². The van der Waals surface area contributed by atoms with Crippen LogP contribution in [0.2, 0.25) is 0 Å². The zero-order chi connectivity index (χ0) is 20.3. The zero-order valence-corrected chi connectivity index (χ0v) is 15.9. The lowest BCUT2D eigenvalue weighted by atomic mass is 10.0. The summed E-state index contributed by atoms with van der Waals surface area (Å²) in [5, 5.41) is 11.8. The van der Waals surface area contributed by atoms with E-state index in [9.17, 15) is 14.4 Å². The fraction of sp³-hybridized carbons (Fsp3) is 0.333. The number of carbonyl (C=O) groups excluding carboxylic acids is 2. The highest BCUT2D eigenvalue weighted by Gasteiger charge is 2.24. The summed E-state index contributed by atoms with van der Waals surface area (Å²) in [6, 6.07) is 8.09. The van der Waals surface area contributed by atoms with Gasteiger partial charge in [-0.05, 0) is 69.0 Å². The van der Waals surface area contributed by atoms with E-state index in [1.807, 2.05) is 11.8 Å². The summed E-state index contributed by atoms with van der Waals surface area (Å²) in [6.07, 6.45) is 4.47. The van der Waals surface area contributed by atoms with Crippen molar-refractivity contribution < 1.29 is 19.5 Å². The van der Waals surface area contributed by atoms with Gasteiger partial charge in [0.25, 0.3) is 11.8 Å². The lowest BCUT2D eigenvalue weighted by Gasteiger charge is -2.33. The summed E-state index contributed by atoms with van der Waals surface area (Å²) < 4.78 is 0. The molecule has 1 atom stereocenters. The molecule has 1 aliphatic heterocycles. The number of nitrogens with zero attached hydrogens (tertiary/aromatic N) is 2. The van der Waals surface area contributed by atoms with Gasteiger partial charge in [-0.25, -0.2) is 9.78 Å². The van der Waals surface area contributed by atoms with Crippen molar-refractivity contribution in [3.05, 3.63) is 58.9 Å². The minimum absolute atomic E-state index is 0.00779. The number of aromatic carboxylic acids is 1. The lowest BCUT2D eigenvalue weighted by molar-refractivity contribution is 0.0634. The first kappa shape index (κ1) is 19.5. The van der Waals surface area contributed by atoms with E-state index in [0.29, 0.717) is 11.3 Å². The monoisotopic (exact) mass is 381 g/mol. The molecule has 1 aliphatic rings. The molecule has 3 rings (SSSR count). The highest BCUT2D eigenvalue weighted by Crippen LogP contribution is 2.22. The number of aryl methyl sites for hydroxylation is 1. The van der Waals surface area contributed by atoms with E-state index in [1.54, 1.807) is 18.2 Å². The van der Waals surface area contributed by atoms with Crippen molar-refractivity contribution in [2.45, 2.75) is 39.2 Å². The number of anilines is 1. The third-order valence-electron chi connectivity index (χ3n) is 5.03. The van der Waals surface area contributed by atoms with Gasteiger partial charge >= 0.3 is 5.97 Å². The summed E-state index contributed by atoms with van der Waals surface area (Å²) in [6.45, 7) is 4.66. The molecular weight excluding hydrogens is 358 g/mol. The normalized spacial score (nSPS) is 16.5. The molecule has 1 aromatic carbocycles. The molecule has 1 saturated heterocycles. The number of pyridine rings is 1. The van der Waals surface area contributed by atoms with Gasteiger partial charge in [-0.3, -0.25) is 9.59 Å². The van der Waals surface area contributed by atoms with E-state index in [1.165, 1.54) is 18.3 Å². The summed E-state index contributed by atoms with van der Waals surface area (Å²) in [5.74, 6) is -1.62. The molecule has 1 fully saturated rings. The Kier molecular flexibility index (Phi) is 5.73. The number of amides is 2. The molecule has 2 aromatic rings. The van der Waals surface area contributed by atoms with Crippen molar-refractivity contribution in [3.63, 3.8) is 0 Å². The molecule has 0 saturated carbocycles. The Morgan fingerprint density at radius 1 is 1.14 bits per heavy atom. The van der Waals surface area contributed by atoms with Crippen LogP contribution in [0.5, 0.6) is 0 Å². The van der Waals surface area contributed by atoms with Gasteiger partial charge in [-0.15, -0.1) is 0 Å². The van der Waals surface area contributed by atoms with Crippen LogP contribution in [0.3, 0.4) is 0 Å². The Morgan fingerprint density at radius 3 is 2.61 bits per heavy atom. The van der Waals surface area contributed by atoms with Crippen LogP contribution in [-0.2, 0) is 0 Å². The highest BCUT2D eigenvalue weighted by atomic mass is 16.4. The van der Waals surface area contributed by atoms with Gasteiger partial charge in [0.2, 0.25) is 0 Å². The maximum Gasteiger partial charge on any atom is 0.354 e. The molecule has 0 radical (unpaired) electrons. The third kappa shape index (κ3) is 4.19. The summed E-state index contributed by atoms with van der Waals surface area (Å²) in [7, 11) is 0. The molecule has 146 valence electrons. The van der Waals surface area contributed by atoms with E-state index in [4.69, 9.17) is 5.11 Å². The molecule has 7 heteroatoms. The van der Waals surface area contributed by atoms with Crippen LogP contribution >= 0.6 is 0 Å². The SMILES string of the molecule is Cc1cc(C(=O)N2CCCCC2C)ccc1NC(=O)c1ccnc(C(=O)O)c1. The Labute approximate surface area is 163 Å². The van der Waals surface area contributed by atoms with E-state index >= 15 is 0 Å². The molecule has 2 N–H and O–H groups in total. The second kappa shape index (κ2) is 8.21. The molecule has 7 nitrogen and oxygen atoms in total. The maximum atomic E-state index is 12.8. The van der Waals surface area contributed by atoms with Gasteiger partial charge in [0.1, 0.15) is 5.69 Å². The fourth-order valence-corrected chi connectivity index (χ4v) is 3.39. The van der Waals surface area contributed by atoms with Crippen LogP contribution < -0.4 is 5.32 Å². The smallest absolute Gasteiger partial charge is 0.354 e. The Balaban J connectivity index is 1.75. The number of carbonyl (C=O) groups is 3. The number of carboxylic acid groups (broad SMARTS) is 1. The van der Waals surface area contributed by atoms with Gasteiger partial charge in [-0.1, -0.05) is 0 Å². The predicted octanol–water partition coefficient (Wildman–Crippen LogP) is 3.36. The number of likely N-dealkylation sites (tertiary alicyclic amines) is 1. The summed E-state index contributed by atoms with van der Waals surface area (Å²) in [4.78, 5) is 41.9. The Hall–Kier alpha value is -3.22. The van der Waals surface area contributed by atoms with E-state index < -0.39 is 11.9 Å². The van der Waals surface area contributed by atoms with E-state index in [-0.39, 0.29) is 23.2 Å². The van der Waals surface area contributed by atoms with Crippen molar-refractivity contribution in [3.8, 4) is 0 Å². The average Bonchev–Trinajstić information content (AvgIpc) is 2.69. The zero-order valence-electron chi connectivity index (χ0n) is 15.9. The van der Waals surface area contributed by atoms with E-state index in [2.05, 4.69) is 17.2 Å². The minimum Gasteiger partial charge on any atom is -0.477 e. The van der Waals surface area contributed by atoms with Crippen LogP contribution in [0.25, 0.3) is 0 Å². The standard InChI is InChI=1S/C21H23N3O4/c1-13-11-16(20(26)24-10-4-3-5-14(24)2)6-7-17(13)23-19(25)15-8-9-22-18(12-15)21(27)28/h6-9,11-12,14H,3-5,10H2,1-2H3,(H,23,25)(H,27,28). The predicted molar refractivity (Wildman–Crippen MR) is 105 cm³/mol. The number of rotatable bonds is 4. The molecular formula is C21H23N3O4. The minimum atomic E-state index is -1.19. The van der Waals surface area contributed by atoms with Crippen molar-refractivity contribution in [1.82, 2.24) is 9.88 Å². The fourth-order valence-electron chi connectivity index (χ4n) is 3.39. The number of benzene rings is 1. The molecule has 0 spiro atoms.